The molecule has 1 heterocycles. The molecule has 0 amide bonds. The number of benzene rings is 1. The third-order valence-electron chi connectivity index (χ3n) is 3.15. The van der Waals surface area contributed by atoms with Crippen molar-refractivity contribution in [3.8, 4) is 0 Å². The van der Waals surface area contributed by atoms with Crippen molar-refractivity contribution in [2.45, 2.75) is 19.8 Å². The number of esters is 1. The molecule has 1 N–H and O–H groups in total. The molecule has 0 saturated carbocycles. The van der Waals surface area contributed by atoms with Gasteiger partial charge in [0.1, 0.15) is 0 Å². The maximum absolute atomic E-state index is 12.1. The molecule has 104 valence electrons. The third kappa shape index (κ3) is 2.79. The Bertz CT molecular complexity index is 573. The van der Waals surface area contributed by atoms with Crippen molar-refractivity contribution in [1.82, 2.24) is 5.32 Å². The molecule has 0 spiro atoms. The molecule has 0 bridgehead atoms. The van der Waals surface area contributed by atoms with E-state index in [9.17, 15) is 9.59 Å². The van der Waals surface area contributed by atoms with E-state index in [4.69, 9.17) is 4.74 Å². The third-order valence-corrected chi connectivity index (χ3v) is 3.15. The summed E-state index contributed by atoms with van der Waals surface area (Å²) in [6.07, 6.45) is 3.24. The Labute approximate surface area is 118 Å². The van der Waals surface area contributed by atoms with Gasteiger partial charge in [0.25, 0.3) is 0 Å². The second kappa shape index (κ2) is 6.19. The minimum absolute atomic E-state index is 0.0683. The summed E-state index contributed by atoms with van der Waals surface area (Å²) in [6.45, 7) is 3.56. The molecule has 0 radical (unpaired) electrons. The van der Waals surface area contributed by atoms with E-state index in [0.29, 0.717) is 17.8 Å². The molecule has 1 unspecified atom stereocenters. The fourth-order valence-electron chi connectivity index (χ4n) is 2.26. The maximum atomic E-state index is 12.1. The number of ether oxygens (including phenoxy) is 1. The van der Waals surface area contributed by atoms with Gasteiger partial charge in [-0.1, -0.05) is 30.3 Å². The molecule has 1 atom stereocenters. The molecule has 4 nitrogen and oxygen atoms in total. The molecular formula is C16H17NO3. The molecule has 2 rings (SSSR count). The summed E-state index contributed by atoms with van der Waals surface area (Å²) < 4.78 is 5.08. The van der Waals surface area contributed by atoms with Gasteiger partial charge in [0.2, 0.25) is 0 Å². The van der Waals surface area contributed by atoms with Crippen molar-refractivity contribution in [1.29, 1.82) is 0 Å². The number of ketones is 1. The maximum Gasteiger partial charge on any atom is 0.336 e. The lowest BCUT2D eigenvalue weighted by molar-refractivity contribution is -0.138. The van der Waals surface area contributed by atoms with Crippen LogP contribution in [0.5, 0.6) is 0 Å². The SMILES string of the molecule is CCOC(=O)C1=CNC=C(C(C)=O)C1c1ccccc1. The second-order valence-corrected chi connectivity index (χ2v) is 4.49. The Balaban J connectivity index is 2.44. The van der Waals surface area contributed by atoms with Gasteiger partial charge in [-0.2, -0.15) is 0 Å². The molecule has 1 aromatic rings. The highest BCUT2D eigenvalue weighted by molar-refractivity contribution is 6.00. The van der Waals surface area contributed by atoms with Crippen LogP contribution in [-0.2, 0) is 14.3 Å². The van der Waals surface area contributed by atoms with Crippen LogP contribution in [0.25, 0.3) is 0 Å². The van der Waals surface area contributed by atoms with Crippen LogP contribution in [0.1, 0.15) is 25.3 Å². The van der Waals surface area contributed by atoms with Gasteiger partial charge < -0.3 is 10.1 Å². The number of carbonyl (C=O) groups is 2. The smallest absolute Gasteiger partial charge is 0.336 e. The minimum Gasteiger partial charge on any atom is -0.463 e. The minimum atomic E-state index is -0.402. The number of dihydropyridines is 1. The molecule has 1 aromatic carbocycles. The van der Waals surface area contributed by atoms with Gasteiger partial charge in [-0.25, -0.2) is 4.79 Å². The van der Waals surface area contributed by atoms with Gasteiger partial charge in [0.05, 0.1) is 12.2 Å². The summed E-state index contributed by atoms with van der Waals surface area (Å²) in [5.41, 5.74) is 1.90. The van der Waals surface area contributed by atoms with Crippen molar-refractivity contribution in [2.75, 3.05) is 6.61 Å². The van der Waals surface area contributed by atoms with Crippen LogP contribution in [0.15, 0.2) is 53.9 Å². The fraction of sp³-hybridized carbons (Fsp3) is 0.250. The molecule has 1 aliphatic heterocycles. The number of nitrogens with one attached hydrogen (secondary N) is 1. The van der Waals surface area contributed by atoms with E-state index in [1.165, 1.54) is 6.92 Å². The Hall–Kier alpha value is -2.36. The number of Topliss-reactive ketones (excluding diaryl/α,β-unsaturated/α-hetero) is 1. The second-order valence-electron chi connectivity index (χ2n) is 4.49. The average molecular weight is 271 g/mol. The predicted octanol–water partition coefficient (Wildman–Crippen LogP) is 2.29. The van der Waals surface area contributed by atoms with Crippen molar-refractivity contribution < 1.29 is 14.3 Å². The number of allylic oxidation sites excluding steroid dienone is 1. The van der Waals surface area contributed by atoms with Crippen LogP contribution >= 0.6 is 0 Å². The lowest BCUT2D eigenvalue weighted by Gasteiger charge is -2.24. The molecule has 1 aliphatic rings. The lowest BCUT2D eigenvalue weighted by Crippen LogP contribution is -2.25. The number of hydrogen-bond donors (Lipinski definition) is 1. The Morgan fingerprint density at radius 3 is 2.40 bits per heavy atom. The zero-order chi connectivity index (χ0) is 14.5. The first-order chi connectivity index (χ1) is 9.65. The van der Waals surface area contributed by atoms with E-state index >= 15 is 0 Å². The molecule has 0 saturated heterocycles. The highest BCUT2D eigenvalue weighted by Crippen LogP contribution is 2.34. The van der Waals surface area contributed by atoms with Gasteiger partial charge in [0.15, 0.2) is 5.78 Å². The first-order valence-corrected chi connectivity index (χ1v) is 6.54. The van der Waals surface area contributed by atoms with E-state index in [-0.39, 0.29) is 11.7 Å². The van der Waals surface area contributed by atoms with Crippen LogP contribution < -0.4 is 5.32 Å². The molecule has 0 aliphatic carbocycles. The van der Waals surface area contributed by atoms with Gasteiger partial charge >= 0.3 is 5.97 Å². The van der Waals surface area contributed by atoms with E-state index < -0.39 is 5.97 Å². The predicted molar refractivity (Wildman–Crippen MR) is 75.8 cm³/mol. The average Bonchev–Trinajstić information content (AvgIpc) is 2.47. The number of hydrogen-bond acceptors (Lipinski definition) is 4. The Kier molecular flexibility index (Phi) is 4.35. The quantitative estimate of drug-likeness (QED) is 0.854. The Morgan fingerprint density at radius 1 is 1.15 bits per heavy atom. The van der Waals surface area contributed by atoms with Crippen molar-refractivity contribution in [2.24, 2.45) is 0 Å². The number of carbonyl (C=O) groups excluding carboxylic acids is 2. The zero-order valence-corrected chi connectivity index (χ0v) is 11.6. The van der Waals surface area contributed by atoms with Crippen LogP contribution in [0.3, 0.4) is 0 Å². The fourth-order valence-corrected chi connectivity index (χ4v) is 2.26. The first kappa shape index (κ1) is 14.1. The summed E-state index contributed by atoms with van der Waals surface area (Å²) in [4.78, 5) is 23.9. The van der Waals surface area contributed by atoms with Crippen LogP contribution in [0.4, 0.5) is 0 Å². The van der Waals surface area contributed by atoms with Crippen LogP contribution in [0, 0.1) is 0 Å². The Morgan fingerprint density at radius 2 is 1.80 bits per heavy atom. The monoisotopic (exact) mass is 271 g/mol. The largest absolute Gasteiger partial charge is 0.463 e. The number of rotatable bonds is 4. The normalized spacial score (nSPS) is 17.6. The van der Waals surface area contributed by atoms with Gasteiger partial charge in [-0.3, -0.25) is 4.79 Å². The molecule has 20 heavy (non-hydrogen) atoms. The molecule has 4 heteroatoms. The van der Waals surface area contributed by atoms with E-state index in [1.807, 2.05) is 30.3 Å². The lowest BCUT2D eigenvalue weighted by atomic mass is 9.82. The van der Waals surface area contributed by atoms with Crippen molar-refractivity contribution in [3.05, 3.63) is 59.4 Å². The highest BCUT2D eigenvalue weighted by atomic mass is 16.5. The standard InChI is InChI=1S/C16H17NO3/c1-3-20-16(19)14-10-17-9-13(11(2)18)15(14)12-7-5-4-6-8-12/h4-10,15,17H,3H2,1-2H3. The molecule has 0 fully saturated rings. The molecule has 0 aromatic heterocycles. The topological polar surface area (TPSA) is 55.4 Å². The van der Waals surface area contributed by atoms with Crippen LogP contribution in [-0.4, -0.2) is 18.4 Å². The first-order valence-electron chi connectivity index (χ1n) is 6.54. The van der Waals surface area contributed by atoms with Gasteiger partial charge in [-0.05, 0) is 19.4 Å². The highest BCUT2D eigenvalue weighted by Gasteiger charge is 2.31. The van der Waals surface area contributed by atoms with E-state index in [0.717, 1.165) is 5.56 Å². The van der Waals surface area contributed by atoms with Gasteiger partial charge in [0, 0.05) is 23.9 Å². The summed E-state index contributed by atoms with van der Waals surface area (Å²) in [5, 5.41) is 2.86. The van der Waals surface area contributed by atoms with Crippen molar-refractivity contribution >= 4 is 11.8 Å². The van der Waals surface area contributed by atoms with Gasteiger partial charge in [-0.15, -0.1) is 0 Å². The molecular weight excluding hydrogens is 254 g/mol. The van der Waals surface area contributed by atoms with E-state index in [1.54, 1.807) is 19.3 Å². The summed E-state index contributed by atoms with van der Waals surface area (Å²) >= 11 is 0. The van der Waals surface area contributed by atoms with E-state index in [2.05, 4.69) is 5.32 Å². The summed E-state index contributed by atoms with van der Waals surface area (Å²) in [7, 11) is 0. The zero-order valence-electron chi connectivity index (χ0n) is 11.6. The summed E-state index contributed by atoms with van der Waals surface area (Å²) in [6, 6.07) is 9.48. The van der Waals surface area contributed by atoms with Crippen molar-refractivity contribution in [3.63, 3.8) is 0 Å². The summed E-state index contributed by atoms with van der Waals surface area (Å²) in [5.74, 6) is -0.851. The van der Waals surface area contributed by atoms with Crippen LogP contribution in [0.2, 0.25) is 0 Å².